The fourth-order valence-corrected chi connectivity index (χ4v) is 3.92. The summed E-state index contributed by atoms with van der Waals surface area (Å²) in [4.78, 5) is 46.3. The predicted octanol–water partition coefficient (Wildman–Crippen LogP) is 1.71. The number of aryl methyl sites for hydroxylation is 1. The third kappa shape index (κ3) is 5.00. The van der Waals surface area contributed by atoms with Gasteiger partial charge in [0, 0.05) is 50.4 Å². The lowest BCUT2D eigenvalue weighted by molar-refractivity contribution is -0.132. The van der Waals surface area contributed by atoms with Crippen LogP contribution in [0, 0.1) is 6.92 Å². The molecule has 0 atom stereocenters. The van der Waals surface area contributed by atoms with Crippen LogP contribution in [0.3, 0.4) is 0 Å². The van der Waals surface area contributed by atoms with Crippen molar-refractivity contribution in [3.8, 4) is 0 Å². The maximum Gasteiger partial charge on any atom is 0.254 e. The highest BCUT2D eigenvalue weighted by atomic mass is 16.2. The summed E-state index contributed by atoms with van der Waals surface area (Å²) in [6.45, 7) is 4.45. The molecule has 0 aromatic carbocycles. The minimum atomic E-state index is -0.164. The van der Waals surface area contributed by atoms with Gasteiger partial charge in [0.2, 0.25) is 5.91 Å². The first-order valence-corrected chi connectivity index (χ1v) is 11.2. The average molecular weight is 447 g/mol. The zero-order chi connectivity index (χ0) is 22.8. The molecule has 3 aromatic rings. The third-order valence-corrected chi connectivity index (χ3v) is 5.98. The van der Waals surface area contributed by atoms with Crippen LogP contribution >= 0.6 is 0 Å². The van der Waals surface area contributed by atoms with Gasteiger partial charge in [0.05, 0.1) is 12.0 Å². The van der Waals surface area contributed by atoms with Gasteiger partial charge < -0.3 is 15.1 Å². The molecule has 1 N–H and O–H groups in total. The van der Waals surface area contributed by atoms with Gasteiger partial charge in [-0.25, -0.2) is 19.9 Å². The summed E-state index contributed by atoms with van der Waals surface area (Å²) < 4.78 is 1.39. The monoisotopic (exact) mass is 446 g/mol. The molecule has 1 amide bonds. The Kier molecular flexibility index (Phi) is 5.72. The van der Waals surface area contributed by atoms with E-state index < -0.39 is 0 Å². The number of carbonyl (C=O) groups excluding carboxylic acids is 1. The molecule has 0 bridgehead atoms. The highest BCUT2D eigenvalue weighted by molar-refractivity contribution is 5.76. The number of aromatic nitrogens is 5. The van der Waals surface area contributed by atoms with Crippen LogP contribution in [0.1, 0.15) is 30.0 Å². The Morgan fingerprint density at radius 2 is 1.82 bits per heavy atom. The number of nitrogens with zero attached hydrogens (tertiary/aromatic N) is 7. The van der Waals surface area contributed by atoms with E-state index in [9.17, 15) is 9.59 Å². The van der Waals surface area contributed by atoms with Crippen molar-refractivity contribution in [3.63, 3.8) is 0 Å². The van der Waals surface area contributed by atoms with Gasteiger partial charge in [-0.2, -0.15) is 0 Å². The van der Waals surface area contributed by atoms with Crippen molar-refractivity contribution in [1.82, 2.24) is 29.4 Å². The van der Waals surface area contributed by atoms with Crippen LogP contribution in [0.15, 0.2) is 47.9 Å². The first-order chi connectivity index (χ1) is 16.0. The van der Waals surface area contributed by atoms with Gasteiger partial charge in [0.25, 0.3) is 5.56 Å². The minimum Gasteiger partial charge on any atom is -0.353 e. The van der Waals surface area contributed by atoms with Crippen molar-refractivity contribution in [2.45, 2.75) is 32.2 Å². The van der Waals surface area contributed by atoms with Crippen molar-refractivity contribution in [1.29, 1.82) is 0 Å². The molecule has 3 aromatic heterocycles. The maximum atomic E-state index is 12.8. The molecule has 33 heavy (non-hydrogen) atoms. The molecule has 4 heterocycles. The Labute approximate surface area is 191 Å². The summed E-state index contributed by atoms with van der Waals surface area (Å²) in [5.74, 6) is 2.53. The lowest BCUT2D eigenvalue weighted by Gasteiger charge is -2.35. The van der Waals surface area contributed by atoms with Gasteiger partial charge in [0.15, 0.2) is 0 Å². The van der Waals surface area contributed by atoms with Crippen molar-refractivity contribution in [2.75, 3.05) is 36.4 Å². The molecule has 0 unspecified atom stereocenters. The van der Waals surface area contributed by atoms with E-state index in [0.29, 0.717) is 37.9 Å². The smallest absolute Gasteiger partial charge is 0.254 e. The lowest BCUT2D eigenvalue weighted by atomic mass is 10.3. The molecule has 1 saturated carbocycles. The minimum absolute atomic E-state index is 0.0157. The first kappa shape index (κ1) is 21.0. The lowest BCUT2D eigenvalue weighted by Crippen LogP contribution is -2.50. The van der Waals surface area contributed by atoms with Crippen LogP contribution in [-0.4, -0.2) is 61.5 Å². The summed E-state index contributed by atoms with van der Waals surface area (Å²) in [6.07, 6.45) is 6.96. The second-order valence-electron chi connectivity index (χ2n) is 8.53. The van der Waals surface area contributed by atoms with Crippen LogP contribution in [0.25, 0.3) is 0 Å². The Morgan fingerprint density at radius 1 is 1.03 bits per heavy atom. The molecule has 170 valence electrons. The quantitative estimate of drug-likeness (QED) is 0.610. The molecule has 0 spiro atoms. The van der Waals surface area contributed by atoms with Crippen molar-refractivity contribution in [2.24, 2.45) is 0 Å². The third-order valence-electron chi connectivity index (χ3n) is 5.98. The van der Waals surface area contributed by atoms with E-state index in [0.717, 1.165) is 35.7 Å². The van der Waals surface area contributed by atoms with Gasteiger partial charge in [-0.05, 0) is 37.5 Å². The molecular formula is C23H26N8O2. The van der Waals surface area contributed by atoms with Gasteiger partial charge >= 0.3 is 0 Å². The van der Waals surface area contributed by atoms with Crippen LogP contribution in [0.4, 0.5) is 17.5 Å². The highest BCUT2D eigenvalue weighted by Crippen LogP contribution is 2.38. The van der Waals surface area contributed by atoms with Gasteiger partial charge in [-0.15, -0.1) is 0 Å². The molecule has 2 aliphatic rings. The second kappa shape index (κ2) is 8.97. The SMILES string of the molecule is Cc1ccnc(Nc2cc(N3CCN(C(=O)Cn4cnc(C5CC5)cc4=O)CC3)ncn2)c1. The van der Waals surface area contributed by atoms with E-state index >= 15 is 0 Å². The number of nitrogens with one attached hydrogen (secondary N) is 1. The molecule has 1 aliphatic carbocycles. The van der Waals surface area contributed by atoms with E-state index in [1.807, 2.05) is 25.1 Å². The summed E-state index contributed by atoms with van der Waals surface area (Å²) in [5.41, 5.74) is 1.79. The van der Waals surface area contributed by atoms with Crippen molar-refractivity contribution in [3.05, 3.63) is 64.7 Å². The largest absolute Gasteiger partial charge is 0.353 e. The summed E-state index contributed by atoms with van der Waals surface area (Å²) in [7, 11) is 0. The number of hydrogen-bond acceptors (Lipinski definition) is 8. The summed E-state index contributed by atoms with van der Waals surface area (Å²) >= 11 is 0. The number of hydrogen-bond donors (Lipinski definition) is 1. The van der Waals surface area contributed by atoms with E-state index in [4.69, 9.17) is 0 Å². The van der Waals surface area contributed by atoms with Crippen LogP contribution in [0.2, 0.25) is 0 Å². The number of amides is 1. The average Bonchev–Trinajstić information content (AvgIpc) is 3.66. The number of carbonyl (C=O) groups is 1. The van der Waals surface area contributed by atoms with E-state index in [2.05, 4.69) is 30.2 Å². The maximum absolute atomic E-state index is 12.8. The molecule has 1 saturated heterocycles. The summed E-state index contributed by atoms with van der Waals surface area (Å²) in [6, 6.07) is 7.34. The van der Waals surface area contributed by atoms with E-state index in [-0.39, 0.29) is 18.0 Å². The van der Waals surface area contributed by atoms with Crippen molar-refractivity contribution < 1.29 is 4.79 Å². The Morgan fingerprint density at radius 3 is 2.55 bits per heavy atom. The normalized spacial score (nSPS) is 16.0. The topological polar surface area (TPSA) is 109 Å². The number of anilines is 3. The van der Waals surface area contributed by atoms with Crippen molar-refractivity contribution >= 4 is 23.4 Å². The van der Waals surface area contributed by atoms with Gasteiger partial charge in [0.1, 0.15) is 30.3 Å². The van der Waals surface area contributed by atoms with E-state index in [1.54, 1.807) is 17.2 Å². The molecular weight excluding hydrogens is 420 g/mol. The Bertz CT molecular complexity index is 1210. The molecule has 1 aliphatic heterocycles. The number of pyridine rings is 1. The van der Waals surface area contributed by atoms with Crippen LogP contribution < -0.4 is 15.8 Å². The molecule has 0 radical (unpaired) electrons. The molecule has 10 nitrogen and oxygen atoms in total. The molecule has 5 rings (SSSR count). The van der Waals surface area contributed by atoms with Crippen LogP contribution in [0.5, 0.6) is 0 Å². The molecule has 2 fully saturated rings. The predicted molar refractivity (Wildman–Crippen MR) is 124 cm³/mol. The second-order valence-corrected chi connectivity index (χ2v) is 8.53. The summed E-state index contributed by atoms with van der Waals surface area (Å²) in [5, 5.41) is 3.21. The van der Waals surface area contributed by atoms with Gasteiger partial charge in [-0.3, -0.25) is 14.2 Å². The number of rotatable bonds is 6. The zero-order valence-corrected chi connectivity index (χ0v) is 18.5. The standard InChI is InChI=1S/C23H26N8O2/c1-16-4-5-24-19(10-16)28-20-12-21(26-14-25-20)29-6-8-30(9-7-29)23(33)13-31-15-27-18(11-22(31)32)17-2-3-17/h4-5,10-12,14-15,17H,2-3,6-9,13H2,1H3,(H,24,25,26,28). The highest BCUT2D eigenvalue weighted by Gasteiger charge is 2.26. The number of piperazine rings is 1. The Balaban J connectivity index is 1.18. The fourth-order valence-electron chi connectivity index (χ4n) is 3.92. The Hall–Kier alpha value is -3.82. The van der Waals surface area contributed by atoms with Crippen LogP contribution in [-0.2, 0) is 11.3 Å². The zero-order valence-electron chi connectivity index (χ0n) is 18.5. The van der Waals surface area contributed by atoms with E-state index in [1.165, 1.54) is 17.2 Å². The van der Waals surface area contributed by atoms with Gasteiger partial charge in [-0.1, -0.05) is 0 Å². The fraction of sp³-hybridized carbons (Fsp3) is 0.391. The first-order valence-electron chi connectivity index (χ1n) is 11.2. The molecule has 10 heteroatoms.